The summed E-state index contributed by atoms with van der Waals surface area (Å²) in [6, 6.07) is 1.36. The molecule has 0 aromatic carbocycles. The average molecular weight is 489 g/mol. The Balaban J connectivity index is 1.77. The minimum Gasteiger partial charge on any atom is -0.361 e. The summed E-state index contributed by atoms with van der Waals surface area (Å²) in [4.78, 5) is 14.8. The topological polar surface area (TPSA) is 46.3 Å². The van der Waals surface area contributed by atoms with E-state index >= 15 is 8.78 Å². The summed E-state index contributed by atoms with van der Waals surface area (Å²) in [5.41, 5.74) is -0.179. The summed E-state index contributed by atoms with van der Waals surface area (Å²) in [5, 5.41) is 4.19. The molecule has 1 unspecified atom stereocenters. The number of likely N-dealkylation sites (tertiary alicyclic amines) is 1. The molecule has 1 aliphatic carbocycles. The summed E-state index contributed by atoms with van der Waals surface area (Å²) < 4.78 is 37.6. The van der Waals surface area contributed by atoms with Crippen molar-refractivity contribution in [2.75, 3.05) is 6.54 Å². The zero-order valence-corrected chi connectivity index (χ0v) is 22.3. The van der Waals surface area contributed by atoms with E-state index in [-0.39, 0.29) is 10.8 Å². The van der Waals surface area contributed by atoms with E-state index in [0.29, 0.717) is 50.1 Å². The Morgan fingerprint density at radius 3 is 2.49 bits per heavy atom. The number of nitrogens with zero attached hydrogens (tertiary/aromatic N) is 2. The summed E-state index contributed by atoms with van der Waals surface area (Å²) in [6.07, 6.45) is 11.9. The van der Waals surface area contributed by atoms with Crippen LogP contribution in [-0.4, -0.2) is 28.4 Å². The van der Waals surface area contributed by atoms with Gasteiger partial charge in [0.05, 0.1) is 6.04 Å². The maximum Gasteiger partial charge on any atom is 0.330 e. The second-order valence-electron chi connectivity index (χ2n) is 12.3. The van der Waals surface area contributed by atoms with E-state index in [1.165, 1.54) is 4.90 Å². The van der Waals surface area contributed by atoms with Crippen LogP contribution in [0.2, 0.25) is 0 Å². The van der Waals surface area contributed by atoms with Crippen LogP contribution in [0, 0.1) is 16.2 Å². The molecule has 2 fully saturated rings. The van der Waals surface area contributed by atoms with E-state index in [1.807, 2.05) is 58.9 Å². The van der Waals surface area contributed by atoms with Gasteiger partial charge in [-0.05, 0) is 56.3 Å². The Bertz CT molecular complexity index is 971. The number of alkyl halides is 2. The van der Waals surface area contributed by atoms with E-state index in [2.05, 4.69) is 11.7 Å². The van der Waals surface area contributed by atoms with Crippen molar-refractivity contribution in [1.82, 2.24) is 10.1 Å². The first-order valence-electron chi connectivity index (χ1n) is 12.8. The smallest absolute Gasteiger partial charge is 0.330 e. The van der Waals surface area contributed by atoms with Crippen LogP contribution >= 0.6 is 0 Å². The quantitative estimate of drug-likeness (QED) is 0.350. The van der Waals surface area contributed by atoms with Gasteiger partial charge in [0, 0.05) is 24.4 Å². The molecule has 1 aromatic heterocycles. The Morgan fingerprint density at radius 2 is 1.89 bits per heavy atom. The largest absolute Gasteiger partial charge is 0.361 e. The van der Waals surface area contributed by atoms with Gasteiger partial charge in [-0.25, -0.2) is 0 Å². The average Bonchev–Trinajstić information content (AvgIpc) is 3.40. The Morgan fingerprint density at radius 1 is 1.23 bits per heavy atom. The van der Waals surface area contributed by atoms with Crippen molar-refractivity contribution in [2.45, 2.75) is 98.5 Å². The number of carbonyl (C=O) groups excluding carboxylic acids is 1. The summed E-state index contributed by atoms with van der Waals surface area (Å²) in [5.74, 6) is -3.82. The molecule has 1 amide bonds. The van der Waals surface area contributed by atoms with Crippen LogP contribution in [0.3, 0.4) is 0 Å². The fraction of sp³-hybridized carbons (Fsp3) is 0.655. The molecular weight excluding hydrogens is 446 g/mol. The molecule has 1 saturated carbocycles. The van der Waals surface area contributed by atoms with Crippen molar-refractivity contribution in [3.63, 3.8) is 0 Å². The lowest BCUT2D eigenvalue weighted by Gasteiger charge is -2.53. The highest BCUT2D eigenvalue weighted by molar-refractivity contribution is 5.85. The molecule has 3 rings (SSSR count). The maximum atomic E-state index is 16.0. The van der Waals surface area contributed by atoms with Gasteiger partial charge >= 0.3 is 5.92 Å². The molecule has 0 N–H and O–H groups in total. The molecule has 194 valence electrons. The normalized spacial score (nSPS) is 24.2. The second kappa shape index (κ2) is 10.0. The van der Waals surface area contributed by atoms with Crippen LogP contribution in [0.25, 0.3) is 0 Å². The molecule has 1 aromatic rings. The minimum atomic E-state index is -3.45. The van der Waals surface area contributed by atoms with Gasteiger partial charge in [-0.15, -0.1) is 0 Å². The van der Waals surface area contributed by atoms with E-state index in [1.54, 1.807) is 13.0 Å². The fourth-order valence-corrected chi connectivity index (χ4v) is 6.96. The first kappa shape index (κ1) is 27.3. The third-order valence-corrected chi connectivity index (χ3v) is 7.63. The van der Waals surface area contributed by atoms with Crippen LogP contribution in [0.1, 0.15) is 97.6 Å². The highest BCUT2D eigenvalue weighted by Crippen LogP contribution is 2.60. The monoisotopic (exact) mass is 488 g/mol. The van der Waals surface area contributed by atoms with Crippen molar-refractivity contribution in [2.24, 2.45) is 16.2 Å². The maximum absolute atomic E-state index is 16.0. The number of halogens is 2. The van der Waals surface area contributed by atoms with Gasteiger partial charge in [-0.3, -0.25) is 4.79 Å². The molecular formula is C29H42F2N2O2. The van der Waals surface area contributed by atoms with Gasteiger partial charge in [0.2, 0.25) is 0 Å². The molecule has 35 heavy (non-hydrogen) atoms. The third kappa shape index (κ3) is 5.95. The molecule has 1 aliphatic heterocycles. The number of hydrogen-bond donors (Lipinski definition) is 0. The molecule has 6 heteroatoms. The predicted molar refractivity (Wildman–Crippen MR) is 136 cm³/mol. The van der Waals surface area contributed by atoms with Gasteiger partial charge in [-0.2, -0.15) is 8.78 Å². The van der Waals surface area contributed by atoms with Crippen molar-refractivity contribution in [3.8, 4) is 0 Å². The van der Waals surface area contributed by atoms with E-state index in [9.17, 15) is 4.79 Å². The minimum absolute atomic E-state index is 0.252. The van der Waals surface area contributed by atoms with Crippen molar-refractivity contribution in [1.29, 1.82) is 0 Å². The summed E-state index contributed by atoms with van der Waals surface area (Å²) >= 11 is 0. The van der Waals surface area contributed by atoms with Crippen LogP contribution in [0.5, 0.6) is 0 Å². The van der Waals surface area contributed by atoms with Crippen molar-refractivity contribution in [3.05, 3.63) is 54.0 Å². The van der Waals surface area contributed by atoms with Gasteiger partial charge < -0.3 is 9.42 Å². The summed E-state index contributed by atoms with van der Waals surface area (Å²) in [7, 11) is 0. The standard InChI is InChI=1S/C29H42F2N2O2/c1-8-10-12-21(9-2)14-15-22-17-23(32-35-22)24-13-11-16-33(24)25(34)29(30,31)28(7)19-26(3,4)18-27(5,6)20-28/h8-10,12,17,24H,1,11,13-16,18-20H2,2-7H3/b12-10-,21-9+. The lowest BCUT2D eigenvalue weighted by Crippen LogP contribution is -2.57. The molecule has 2 aliphatic rings. The fourth-order valence-electron chi connectivity index (χ4n) is 6.96. The Kier molecular flexibility index (Phi) is 7.83. The number of carbonyl (C=O) groups is 1. The molecule has 0 spiro atoms. The van der Waals surface area contributed by atoms with Gasteiger partial charge in [0.25, 0.3) is 5.91 Å². The number of hydrogen-bond acceptors (Lipinski definition) is 3. The molecule has 4 nitrogen and oxygen atoms in total. The number of aromatic nitrogens is 1. The zero-order valence-electron chi connectivity index (χ0n) is 22.3. The third-order valence-electron chi connectivity index (χ3n) is 7.63. The number of aryl methyl sites for hydroxylation is 1. The molecule has 0 radical (unpaired) electrons. The van der Waals surface area contributed by atoms with Gasteiger partial charge in [0.15, 0.2) is 0 Å². The first-order chi connectivity index (χ1) is 16.2. The van der Waals surface area contributed by atoms with Crippen LogP contribution in [0.15, 0.2) is 47.0 Å². The summed E-state index contributed by atoms with van der Waals surface area (Å²) in [6.45, 7) is 15.7. The van der Waals surface area contributed by atoms with E-state index in [4.69, 9.17) is 4.52 Å². The SMILES string of the molecule is C=C/C=C\C(=C/C)CCc1cc(C2CCCN2C(=O)C(F)(F)C2(C)CC(C)(C)CC(C)(C)C2)no1. The predicted octanol–water partition coefficient (Wildman–Crippen LogP) is 7.84. The lowest BCUT2D eigenvalue weighted by molar-refractivity contribution is -0.197. The second-order valence-corrected chi connectivity index (χ2v) is 12.3. The van der Waals surface area contributed by atoms with Crippen LogP contribution in [-0.2, 0) is 11.2 Å². The highest BCUT2D eigenvalue weighted by Gasteiger charge is 2.63. The van der Waals surface area contributed by atoms with Gasteiger partial charge in [-0.1, -0.05) is 76.2 Å². The van der Waals surface area contributed by atoms with Crippen LogP contribution < -0.4 is 0 Å². The van der Waals surface area contributed by atoms with Gasteiger partial charge in [0.1, 0.15) is 11.5 Å². The molecule has 2 heterocycles. The lowest BCUT2D eigenvalue weighted by atomic mass is 9.54. The first-order valence-corrected chi connectivity index (χ1v) is 12.8. The number of amides is 1. The van der Waals surface area contributed by atoms with Crippen LogP contribution in [0.4, 0.5) is 8.78 Å². The molecule has 0 bridgehead atoms. The van der Waals surface area contributed by atoms with E-state index < -0.39 is 23.3 Å². The number of allylic oxidation sites excluding steroid dienone is 5. The number of rotatable bonds is 8. The van der Waals surface area contributed by atoms with E-state index in [0.717, 1.165) is 18.4 Å². The Hall–Kier alpha value is -2.24. The van der Waals surface area contributed by atoms with Crippen molar-refractivity contribution < 1.29 is 18.1 Å². The molecule has 1 saturated heterocycles. The van der Waals surface area contributed by atoms with Crippen molar-refractivity contribution >= 4 is 5.91 Å². The molecule has 1 atom stereocenters. The highest BCUT2D eigenvalue weighted by atomic mass is 19.3. The zero-order chi connectivity index (χ0) is 26.1. The Labute approximate surface area is 209 Å².